The summed E-state index contributed by atoms with van der Waals surface area (Å²) in [5, 5.41) is 17.9. The Kier molecular flexibility index (Phi) is 4.98. The van der Waals surface area contributed by atoms with Crippen molar-refractivity contribution in [2.75, 3.05) is 10.5 Å². The first-order chi connectivity index (χ1) is 7.94. The Morgan fingerprint density at radius 3 is 2.65 bits per heavy atom. The second-order valence-electron chi connectivity index (χ2n) is 3.77. The third kappa shape index (κ3) is 4.76. The molecule has 0 fully saturated rings. The largest absolute Gasteiger partial charge is 0.488 e. The van der Waals surface area contributed by atoms with Crippen LogP contribution in [0.5, 0.6) is 0 Å². The van der Waals surface area contributed by atoms with Crippen molar-refractivity contribution < 1.29 is 18.5 Å². The molecule has 0 atom stereocenters. The quantitative estimate of drug-likeness (QED) is 0.621. The van der Waals surface area contributed by atoms with E-state index in [1.165, 1.54) is 12.1 Å². The second kappa shape index (κ2) is 6.04. The standard InChI is InChI=1S/C10H16BNO4S/c1-2-3-7-17(15,16)12-10-6-4-5-9(8-10)11(13)14/h4-6,8,12-14H,2-3,7H2,1H3. The van der Waals surface area contributed by atoms with Crippen molar-refractivity contribution in [3.8, 4) is 0 Å². The summed E-state index contributed by atoms with van der Waals surface area (Å²) in [6, 6.07) is 6.03. The van der Waals surface area contributed by atoms with Crippen LogP contribution in [0.2, 0.25) is 0 Å². The minimum Gasteiger partial charge on any atom is -0.423 e. The van der Waals surface area contributed by atoms with Gasteiger partial charge in [-0.2, -0.15) is 0 Å². The molecule has 1 rings (SSSR count). The number of anilines is 1. The van der Waals surface area contributed by atoms with E-state index < -0.39 is 17.1 Å². The first-order valence-corrected chi connectivity index (χ1v) is 7.06. The lowest BCUT2D eigenvalue weighted by Gasteiger charge is -2.08. The van der Waals surface area contributed by atoms with Crippen molar-refractivity contribution >= 4 is 28.3 Å². The molecule has 7 heteroatoms. The van der Waals surface area contributed by atoms with Crippen LogP contribution < -0.4 is 10.2 Å². The number of sulfonamides is 1. The molecule has 0 aliphatic rings. The van der Waals surface area contributed by atoms with E-state index in [1.807, 2.05) is 6.92 Å². The van der Waals surface area contributed by atoms with Gasteiger partial charge in [0.05, 0.1) is 5.75 Å². The molecule has 0 unspecified atom stereocenters. The van der Waals surface area contributed by atoms with Gasteiger partial charge in [0.1, 0.15) is 0 Å². The summed E-state index contributed by atoms with van der Waals surface area (Å²) in [6.07, 6.45) is 1.40. The topological polar surface area (TPSA) is 86.6 Å². The van der Waals surface area contributed by atoms with Gasteiger partial charge < -0.3 is 10.0 Å². The third-order valence-corrected chi connectivity index (χ3v) is 3.60. The van der Waals surface area contributed by atoms with E-state index in [4.69, 9.17) is 10.0 Å². The van der Waals surface area contributed by atoms with Gasteiger partial charge in [-0.05, 0) is 24.0 Å². The molecule has 0 saturated heterocycles. The lowest BCUT2D eigenvalue weighted by atomic mass is 9.80. The van der Waals surface area contributed by atoms with E-state index >= 15 is 0 Å². The van der Waals surface area contributed by atoms with Crippen LogP contribution in [-0.4, -0.2) is 31.3 Å². The number of unbranched alkanes of at least 4 members (excludes halogenated alkanes) is 1. The molecular weight excluding hydrogens is 241 g/mol. The fourth-order valence-electron chi connectivity index (χ4n) is 1.33. The van der Waals surface area contributed by atoms with Gasteiger partial charge in [0.15, 0.2) is 0 Å². The average Bonchev–Trinajstić information content (AvgIpc) is 2.26. The fraction of sp³-hybridized carbons (Fsp3) is 0.400. The Balaban J connectivity index is 2.78. The van der Waals surface area contributed by atoms with E-state index in [2.05, 4.69) is 4.72 Å². The highest BCUT2D eigenvalue weighted by atomic mass is 32.2. The molecule has 0 aliphatic carbocycles. The van der Waals surface area contributed by atoms with Crippen molar-refractivity contribution in [1.82, 2.24) is 0 Å². The monoisotopic (exact) mass is 257 g/mol. The summed E-state index contributed by atoms with van der Waals surface area (Å²) in [5.41, 5.74) is 0.590. The number of hydrogen-bond donors (Lipinski definition) is 3. The number of benzene rings is 1. The highest BCUT2D eigenvalue weighted by Crippen LogP contribution is 2.08. The summed E-state index contributed by atoms with van der Waals surface area (Å²) in [4.78, 5) is 0. The van der Waals surface area contributed by atoms with Gasteiger partial charge in [0.25, 0.3) is 0 Å². The van der Waals surface area contributed by atoms with Crippen molar-refractivity contribution in [1.29, 1.82) is 0 Å². The van der Waals surface area contributed by atoms with E-state index in [-0.39, 0.29) is 11.2 Å². The molecule has 0 heterocycles. The van der Waals surface area contributed by atoms with Crippen LogP contribution in [0.4, 0.5) is 5.69 Å². The Hall–Kier alpha value is -1.05. The van der Waals surface area contributed by atoms with Crippen LogP contribution in [0.25, 0.3) is 0 Å². The molecule has 1 aromatic rings. The number of hydrogen-bond acceptors (Lipinski definition) is 4. The molecule has 3 N–H and O–H groups in total. The highest BCUT2D eigenvalue weighted by Gasteiger charge is 2.13. The van der Waals surface area contributed by atoms with E-state index in [9.17, 15) is 8.42 Å². The lowest BCUT2D eigenvalue weighted by Crippen LogP contribution is -2.30. The molecule has 0 spiro atoms. The maximum Gasteiger partial charge on any atom is 0.488 e. The highest BCUT2D eigenvalue weighted by molar-refractivity contribution is 7.92. The van der Waals surface area contributed by atoms with Crippen LogP contribution in [0.3, 0.4) is 0 Å². The molecule has 0 saturated carbocycles. The van der Waals surface area contributed by atoms with Gasteiger partial charge in [-0.15, -0.1) is 0 Å². The molecule has 0 amide bonds. The van der Waals surface area contributed by atoms with E-state index in [1.54, 1.807) is 12.1 Å². The summed E-state index contributed by atoms with van der Waals surface area (Å²) >= 11 is 0. The maximum atomic E-state index is 11.6. The first kappa shape index (κ1) is 14.0. The minimum absolute atomic E-state index is 0.0649. The zero-order valence-electron chi connectivity index (χ0n) is 9.63. The molecule has 0 radical (unpaired) electrons. The fourth-order valence-corrected chi connectivity index (χ4v) is 2.58. The molecular formula is C10H16BNO4S. The van der Waals surface area contributed by atoms with Crippen molar-refractivity contribution in [2.24, 2.45) is 0 Å². The van der Waals surface area contributed by atoms with Crippen molar-refractivity contribution in [2.45, 2.75) is 19.8 Å². The lowest BCUT2D eigenvalue weighted by molar-refractivity contribution is 0.426. The van der Waals surface area contributed by atoms with Crippen molar-refractivity contribution in [3.63, 3.8) is 0 Å². The van der Waals surface area contributed by atoms with Crippen LogP contribution >= 0.6 is 0 Å². The molecule has 94 valence electrons. The summed E-state index contributed by atoms with van der Waals surface area (Å²) in [7, 11) is -4.95. The van der Waals surface area contributed by atoms with E-state index in [0.717, 1.165) is 6.42 Å². The summed E-state index contributed by atoms with van der Waals surface area (Å²) < 4.78 is 25.6. The number of nitrogens with one attached hydrogen (secondary N) is 1. The predicted octanol–water partition coefficient (Wildman–Crippen LogP) is -0.0918. The normalized spacial score (nSPS) is 11.2. The second-order valence-corrected chi connectivity index (χ2v) is 5.62. The Morgan fingerprint density at radius 1 is 1.35 bits per heavy atom. The van der Waals surface area contributed by atoms with Crippen LogP contribution in [0.15, 0.2) is 24.3 Å². The zero-order valence-corrected chi connectivity index (χ0v) is 10.4. The van der Waals surface area contributed by atoms with Crippen molar-refractivity contribution in [3.05, 3.63) is 24.3 Å². The molecule has 0 aromatic heterocycles. The van der Waals surface area contributed by atoms with Crippen LogP contribution in [0.1, 0.15) is 19.8 Å². The van der Waals surface area contributed by atoms with E-state index in [0.29, 0.717) is 12.1 Å². The SMILES string of the molecule is CCCCS(=O)(=O)Nc1cccc(B(O)O)c1. The predicted molar refractivity (Wildman–Crippen MR) is 68.6 cm³/mol. The van der Waals surface area contributed by atoms with Crippen LogP contribution in [-0.2, 0) is 10.0 Å². The Morgan fingerprint density at radius 2 is 2.06 bits per heavy atom. The Labute approximate surface area is 102 Å². The van der Waals surface area contributed by atoms with Gasteiger partial charge in [0, 0.05) is 5.69 Å². The smallest absolute Gasteiger partial charge is 0.423 e. The number of rotatable bonds is 6. The van der Waals surface area contributed by atoms with Gasteiger partial charge in [-0.3, -0.25) is 4.72 Å². The molecule has 0 aliphatic heterocycles. The third-order valence-electron chi connectivity index (χ3n) is 2.22. The first-order valence-electron chi connectivity index (χ1n) is 5.41. The van der Waals surface area contributed by atoms with Crippen LogP contribution in [0, 0.1) is 0 Å². The molecule has 1 aromatic carbocycles. The molecule has 5 nitrogen and oxygen atoms in total. The minimum atomic E-state index is -3.35. The van der Waals surface area contributed by atoms with Gasteiger partial charge in [0.2, 0.25) is 10.0 Å². The Bertz CT molecular complexity index is 461. The van der Waals surface area contributed by atoms with Gasteiger partial charge in [-0.25, -0.2) is 8.42 Å². The molecule has 0 bridgehead atoms. The summed E-state index contributed by atoms with van der Waals surface area (Å²) in [5.74, 6) is 0.0649. The molecule has 17 heavy (non-hydrogen) atoms. The summed E-state index contributed by atoms with van der Waals surface area (Å²) in [6.45, 7) is 1.91. The average molecular weight is 257 g/mol. The zero-order chi connectivity index (χ0) is 12.9. The maximum absolute atomic E-state index is 11.6. The van der Waals surface area contributed by atoms with Gasteiger partial charge >= 0.3 is 7.12 Å². The van der Waals surface area contributed by atoms with Gasteiger partial charge in [-0.1, -0.05) is 25.5 Å².